The third kappa shape index (κ3) is 4.60. The van der Waals surface area contributed by atoms with Crippen molar-refractivity contribution in [1.29, 1.82) is 0 Å². The summed E-state index contributed by atoms with van der Waals surface area (Å²) in [6.07, 6.45) is 4.56. The number of nitrogens with two attached hydrogens (primary N) is 2. The first kappa shape index (κ1) is 21.1. The first-order valence-corrected chi connectivity index (χ1v) is 10.7. The largest absolute Gasteiger partial charge is 0.383 e. The van der Waals surface area contributed by atoms with Crippen molar-refractivity contribution in [1.82, 2.24) is 4.98 Å². The van der Waals surface area contributed by atoms with Crippen molar-refractivity contribution in [3.63, 3.8) is 0 Å². The SMILES string of the molecule is Cc1cccc(NC(=O)Nc2ccc(-c3csc4c(/C=C/C(N)=O)cnc(N)c34)cc2)c1. The average Bonchev–Trinajstić information content (AvgIpc) is 3.20. The normalized spacial score (nSPS) is 11.0. The highest BCUT2D eigenvalue weighted by molar-refractivity contribution is 7.18. The summed E-state index contributed by atoms with van der Waals surface area (Å²) >= 11 is 1.52. The maximum atomic E-state index is 12.3. The first-order chi connectivity index (χ1) is 15.4. The second-order valence-corrected chi connectivity index (χ2v) is 8.09. The number of amides is 3. The summed E-state index contributed by atoms with van der Waals surface area (Å²) in [6, 6.07) is 14.8. The van der Waals surface area contributed by atoms with Crippen LogP contribution in [-0.2, 0) is 4.79 Å². The minimum absolute atomic E-state index is 0.316. The van der Waals surface area contributed by atoms with E-state index in [1.54, 1.807) is 12.3 Å². The number of carbonyl (C=O) groups excluding carboxylic acids is 2. The van der Waals surface area contributed by atoms with Gasteiger partial charge in [0.1, 0.15) is 5.82 Å². The second-order valence-electron chi connectivity index (χ2n) is 7.21. The van der Waals surface area contributed by atoms with Crippen molar-refractivity contribution >= 4 is 56.6 Å². The van der Waals surface area contributed by atoms with Gasteiger partial charge in [-0.2, -0.15) is 0 Å². The Labute approximate surface area is 188 Å². The number of primary amides is 1. The summed E-state index contributed by atoms with van der Waals surface area (Å²) in [5, 5.41) is 8.46. The molecule has 32 heavy (non-hydrogen) atoms. The second kappa shape index (κ2) is 8.91. The quantitative estimate of drug-likeness (QED) is 0.324. The minimum Gasteiger partial charge on any atom is -0.383 e. The third-order valence-electron chi connectivity index (χ3n) is 4.81. The number of pyridine rings is 1. The van der Waals surface area contributed by atoms with E-state index in [1.165, 1.54) is 17.4 Å². The fourth-order valence-electron chi connectivity index (χ4n) is 3.34. The molecule has 7 nitrogen and oxygen atoms in total. The first-order valence-electron chi connectivity index (χ1n) is 9.79. The molecule has 0 aliphatic carbocycles. The Kier molecular flexibility index (Phi) is 5.87. The van der Waals surface area contributed by atoms with Crippen molar-refractivity contribution in [3.05, 3.63) is 77.3 Å². The number of nitrogen functional groups attached to an aromatic ring is 1. The summed E-state index contributed by atoms with van der Waals surface area (Å²) < 4.78 is 0.921. The number of hydrogen-bond acceptors (Lipinski definition) is 5. The highest BCUT2D eigenvalue weighted by atomic mass is 32.1. The van der Waals surface area contributed by atoms with Crippen LogP contribution in [0.2, 0.25) is 0 Å². The summed E-state index contributed by atoms with van der Waals surface area (Å²) in [5.41, 5.74) is 16.5. The molecule has 0 saturated carbocycles. The van der Waals surface area contributed by atoms with E-state index in [-0.39, 0.29) is 6.03 Å². The standard InChI is InChI=1S/C24H21N5O2S/c1-14-3-2-4-18(11-14)29-24(31)28-17-8-5-15(6-9-17)19-13-32-22-16(7-10-20(25)30)12-27-23(26)21(19)22/h2-13H,1H3,(H2,25,30)(H2,26,27)(H2,28,29,31)/b10-7+. The van der Waals surface area contributed by atoms with Crippen molar-refractivity contribution in [2.45, 2.75) is 6.92 Å². The van der Waals surface area contributed by atoms with Gasteiger partial charge in [0, 0.05) is 44.9 Å². The predicted molar refractivity (Wildman–Crippen MR) is 132 cm³/mol. The van der Waals surface area contributed by atoms with Gasteiger partial charge < -0.3 is 22.1 Å². The Morgan fingerprint density at radius 3 is 2.53 bits per heavy atom. The van der Waals surface area contributed by atoms with Gasteiger partial charge in [-0.15, -0.1) is 11.3 Å². The van der Waals surface area contributed by atoms with Crippen LogP contribution in [0.5, 0.6) is 0 Å². The molecule has 0 radical (unpaired) electrons. The number of urea groups is 1. The number of anilines is 3. The van der Waals surface area contributed by atoms with E-state index < -0.39 is 5.91 Å². The fraction of sp³-hybridized carbons (Fsp3) is 0.0417. The maximum Gasteiger partial charge on any atom is 0.323 e. The number of nitrogens with one attached hydrogen (secondary N) is 2. The molecule has 3 amide bonds. The van der Waals surface area contributed by atoms with Crippen LogP contribution < -0.4 is 22.1 Å². The molecule has 8 heteroatoms. The van der Waals surface area contributed by atoms with Gasteiger partial charge >= 0.3 is 6.03 Å². The molecule has 160 valence electrons. The predicted octanol–water partition coefficient (Wildman–Crippen LogP) is 5.00. The topological polar surface area (TPSA) is 123 Å². The Balaban J connectivity index is 1.56. The highest BCUT2D eigenvalue weighted by Crippen LogP contribution is 2.39. The molecule has 0 aliphatic rings. The van der Waals surface area contributed by atoms with Gasteiger partial charge in [-0.05, 0) is 53.8 Å². The Morgan fingerprint density at radius 2 is 1.81 bits per heavy atom. The number of aryl methyl sites for hydroxylation is 1. The molecule has 0 saturated heterocycles. The van der Waals surface area contributed by atoms with Gasteiger partial charge in [-0.3, -0.25) is 4.79 Å². The smallest absolute Gasteiger partial charge is 0.323 e. The number of fused-ring (bicyclic) bond motifs is 1. The van der Waals surface area contributed by atoms with Crippen molar-refractivity contribution in [3.8, 4) is 11.1 Å². The lowest BCUT2D eigenvalue weighted by molar-refractivity contribution is -0.113. The molecule has 4 rings (SSSR count). The zero-order chi connectivity index (χ0) is 22.7. The molecule has 0 fully saturated rings. The average molecular weight is 444 g/mol. The number of nitrogens with zero attached hydrogens (tertiary/aromatic N) is 1. The summed E-state index contributed by atoms with van der Waals surface area (Å²) in [6.45, 7) is 1.97. The van der Waals surface area contributed by atoms with Crippen LogP contribution >= 0.6 is 11.3 Å². The Morgan fingerprint density at radius 1 is 1.06 bits per heavy atom. The molecule has 0 unspecified atom stereocenters. The van der Waals surface area contributed by atoms with E-state index in [2.05, 4.69) is 15.6 Å². The van der Waals surface area contributed by atoms with Gasteiger partial charge in [-0.25, -0.2) is 9.78 Å². The van der Waals surface area contributed by atoms with E-state index >= 15 is 0 Å². The monoisotopic (exact) mass is 443 g/mol. The molecule has 2 heterocycles. The molecule has 4 aromatic rings. The van der Waals surface area contributed by atoms with E-state index in [0.29, 0.717) is 11.5 Å². The Hall–Kier alpha value is -4.17. The van der Waals surface area contributed by atoms with Gasteiger partial charge in [0.05, 0.1) is 0 Å². The van der Waals surface area contributed by atoms with E-state index in [9.17, 15) is 9.59 Å². The molecule has 2 aromatic carbocycles. The molecule has 0 atom stereocenters. The number of aromatic nitrogens is 1. The number of thiophene rings is 1. The molecule has 6 N–H and O–H groups in total. The van der Waals surface area contributed by atoms with Crippen LogP contribution in [0.4, 0.5) is 22.0 Å². The number of benzene rings is 2. The van der Waals surface area contributed by atoms with E-state index in [4.69, 9.17) is 11.5 Å². The van der Waals surface area contributed by atoms with Crippen LogP contribution in [0.15, 0.2) is 66.2 Å². The zero-order valence-electron chi connectivity index (χ0n) is 17.3. The molecule has 2 aromatic heterocycles. The van der Waals surface area contributed by atoms with Crippen LogP contribution in [0.3, 0.4) is 0 Å². The van der Waals surface area contributed by atoms with Crippen LogP contribution in [0, 0.1) is 6.92 Å². The molecular formula is C24H21N5O2S. The molecule has 0 bridgehead atoms. The van der Waals surface area contributed by atoms with Crippen LogP contribution in [0.25, 0.3) is 27.3 Å². The Bertz CT molecular complexity index is 1340. The molecular weight excluding hydrogens is 422 g/mol. The van der Waals surface area contributed by atoms with Crippen molar-refractivity contribution in [2.75, 3.05) is 16.4 Å². The summed E-state index contributed by atoms with van der Waals surface area (Å²) in [7, 11) is 0. The van der Waals surface area contributed by atoms with Gasteiger partial charge in [0.2, 0.25) is 5.91 Å². The number of carbonyl (C=O) groups is 2. The van der Waals surface area contributed by atoms with Crippen LogP contribution in [0.1, 0.15) is 11.1 Å². The third-order valence-corrected chi connectivity index (χ3v) is 5.84. The van der Waals surface area contributed by atoms with Crippen molar-refractivity contribution in [2.24, 2.45) is 5.73 Å². The van der Waals surface area contributed by atoms with Crippen LogP contribution in [-0.4, -0.2) is 16.9 Å². The van der Waals surface area contributed by atoms with Gasteiger partial charge in [0.15, 0.2) is 0 Å². The lowest BCUT2D eigenvalue weighted by atomic mass is 10.0. The van der Waals surface area contributed by atoms with E-state index in [0.717, 1.165) is 38.0 Å². The maximum absolute atomic E-state index is 12.3. The van der Waals surface area contributed by atoms with Gasteiger partial charge in [0.25, 0.3) is 0 Å². The fourth-order valence-corrected chi connectivity index (χ4v) is 4.42. The lowest BCUT2D eigenvalue weighted by Gasteiger charge is -2.09. The molecule has 0 spiro atoms. The molecule has 0 aliphatic heterocycles. The summed E-state index contributed by atoms with van der Waals surface area (Å²) in [4.78, 5) is 27.6. The highest BCUT2D eigenvalue weighted by Gasteiger charge is 2.13. The zero-order valence-corrected chi connectivity index (χ0v) is 18.1. The summed E-state index contributed by atoms with van der Waals surface area (Å²) in [5.74, 6) is -0.117. The minimum atomic E-state index is -0.527. The number of hydrogen-bond donors (Lipinski definition) is 4. The van der Waals surface area contributed by atoms with Crippen molar-refractivity contribution < 1.29 is 9.59 Å². The lowest BCUT2D eigenvalue weighted by Crippen LogP contribution is -2.19. The van der Waals surface area contributed by atoms with E-state index in [1.807, 2.05) is 60.8 Å². The van der Waals surface area contributed by atoms with Gasteiger partial charge in [-0.1, -0.05) is 24.3 Å². The number of rotatable bonds is 5.